The van der Waals surface area contributed by atoms with Crippen molar-refractivity contribution in [3.05, 3.63) is 59.8 Å². The van der Waals surface area contributed by atoms with Crippen LogP contribution in [0.5, 0.6) is 11.5 Å². The van der Waals surface area contributed by atoms with E-state index in [1.165, 1.54) is 24.4 Å². The van der Waals surface area contributed by atoms with Gasteiger partial charge in [0.2, 0.25) is 0 Å². The highest BCUT2D eigenvalue weighted by molar-refractivity contribution is 6.07. The molecule has 0 aliphatic heterocycles. The van der Waals surface area contributed by atoms with Gasteiger partial charge in [-0.05, 0) is 36.8 Å². The van der Waals surface area contributed by atoms with Gasteiger partial charge >= 0.3 is 0 Å². The minimum atomic E-state index is -0.673. The number of nitrogens with zero attached hydrogens (tertiary/aromatic N) is 1. The number of hydrogen-bond donors (Lipinski definition) is 4. The molecule has 0 radical (unpaired) electrons. The van der Waals surface area contributed by atoms with E-state index in [4.69, 9.17) is 5.26 Å². The first-order valence-electron chi connectivity index (χ1n) is 6.77. The Bertz CT molecular complexity index is 807. The maximum atomic E-state index is 12.1. The van der Waals surface area contributed by atoms with Crippen LogP contribution in [0.25, 0.3) is 0 Å². The van der Waals surface area contributed by atoms with Crippen molar-refractivity contribution in [2.75, 3.05) is 10.6 Å². The van der Waals surface area contributed by atoms with Crippen molar-refractivity contribution in [1.29, 1.82) is 5.26 Å². The Labute approximate surface area is 133 Å². The van der Waals surface area contributed by atoms with Crippen LogP contribution in [0, 0.1) is 18.3 Å². The number of phenolic OH excluding ortho intramolecular Hbond substituents is 2. The molecule has 6 nitrogen and oxygen atoms in total. The van der Waals surface area contributed by atoms with E-state index in [2.05, 4.69) is 10.6 Å². The van der Waals surface area contributed by atoms with E-state index >= 15 is 0 Å². The fourth-order valence-corrected chi connectivity index (χ4v) is 1.83. The third kappa shape index (κ3) is 4.02. The molecule has 2 rings (SSSR count). The van der Waals surface area contributed by atoms with Crippen molar-refractivity contribution >= 4 is 17.3 Å². The van der Waals surface area contributed by atoms with Gasteiger partial charge in [0, 0.05) is 6.20 Å². The number of anilines is 2. The SMILES string of the molecule is Cc1ccc(O)c(N/C=C(/C#N)C(=O)Nc2ccccc2O)c1. The Morgan fingerprint density at radius 2 is 1.83 bits per heavy atom. The molecule has 0 saturated heterocycles. The summed E-state index contributed by atoms with van der Waals surface area (Å²) >= 11 is 0. The lowest BCUT2D eigenvalue weighted by Gasteiger charge is -2.08. The number of amides is 1. The molecule has 2 aromatic rings. The third-order valence-electron chi connectivity index (χ3n) is 3.04. The van der Waals surface area contributed by atoms with E-state index in [-0.39, 0.29) is 22.8 Å². The Morgan fingerprint density at radius 3 is 2.52 bits per heavy atom. The molecular weight excluding hydrogens is 294 g/mol. The molecule has 0 bridgehead atoms. The average molecular weight is 309 g/mol. The molecule has 2 aromatic carbocycles. The second kappa shape index (κ2) is 7.00. The summed E-state index contributed by atoms with van der Waals surface area (Å²) in [5.41, 5.74) is 1.30. The Morgan fingerprint density at radius 1 is 1.13 bits per heavy atom. The zero-order valence-corrected chi connectivity index (χ0v) is 12.4. The second-order valence-electron chi connectivity index (χ2n) is 4.81. The van der Waals surface area contributed by atoms with E-state index in [9.17, 15) is 15.0 Å². The van der Waals surface area contributed by atoms with Crippen LogP contribution in [0.2, 0.25) is 0 Å². The third-order valence-corrected chi connectivity index (χ3v) is 3.04. The smallest absolute Gasteiger partial charge is 0.267 e. The van der Waals surface area contributed by atoms with Crippen molar-refractivity contribution in [3.8, 4) is 17.6 Å². The first-order chi connectivity index (χ1) is 11.0. The molecule has 0 heterocycles. The van der Waals surface area contributed by atoms with Crippen LogP contribution in [-0.4, -0.2) is 16.1 Å². The minimum absolute atomic E-state index is 0.00486. The average Bonchev–Trinajstić information content (AvgIpc) is 2.53. The van der Waals surface area contributed by atoms with Gasteiger partial charge in [0.15, 0.2) is 0 Å². The van der Waals surface area contributed by atoms with E-state index in [0.29, 0.717) is 5.69 Å². The molecule has 0 aromatic heterocycles. The molecule has 23 heavy (non-hydrogen) atoms. The van der Waals surface area contributed by atoms with Crippen LogP contribution in [0.3, 0.4) is 0 Å². The number of benzene rings is 2. The van der Waals surface area contributed by atoms with Gasteiger partial charge in [0.25, 0.3) is 5.91 Å². The number of aromatic hydroxyl groups is 2. The zero-order valence-electron chi connectivity index (χ0n) is 12.4. The number of hydrogen-bond acceptors (Lipinski definition) is 5. The van der Waals surface area contributed by atoms with Crippen molar-refractivity contribution in [2.45, 2.75) is 6.92 Å². The summed E-state index contributed by atoms with van der Waals surface area (Å²) in [6.07, 6.45) is 1.20. The molecule has 0 fully saturated rings. The van der Waals surface area contributed by atoms with E-state index in [1.54, 1.807) is 30.3 Å². The fraction of sp³-hybridized carbons (Fsp3) is 0.0588. The van der Waals surface area contributed by atoms with Gasteiger partial charge < -0.3 is 20.8 Å². The van der Waals surface area contributed by atoms with E-state index in [0.717, 1.165) is 5.56 Å². The lowest BCUT2D eigenvalue weighted by atomic mass is 10.2. The van der Waals surface area contributed by atoms with Gasteiger partial charge in [0.05, 0.1) is 11.4 Å². The highest BCUT2D eigenvalue weighted by atomic mass is 16.3. The van der Waals surface area contributed by atoms with Crippen molar-refractivity contribution in [3.63, 3.8) is 0 Å². The van der Waals surface area contributed by atoms with Crippen molar-refractivity contribution in [2.24, 2.45) is 0 Å². The number of rotatable bonds is 4. The topological polar surface area (TPSA) is 105 Å². The predicted molar refractivity (Wildman–Crippen MR) is 86.9 cm³/mol. The minimum Gasteiger partial charge on any atom is -0.506 e. The Kier molecular flexibility index (Phi) is 4.85. The molecular formula is C17H15N3O3. The number of carbonyl (C=O) groups is 1. The summed E-state index contributed by atoms with van der Waals surface area (Å²) in [4.78, 5) is 12.1. The van der Waals surface area contributed by atoms with Gasteiger partial charge in [-0.15, -0.1) is 0 Å². The molecule has 116 valence electrons. The van der Waals surface area contributed by atoms with Gasteiger partial charge in [-0.3, -0.25) is 4.79 Å². The standard InChI is InChI=1S/C17H15N3O3/c1-11-6-7-16(22)14(8-11)19-10-12(9-18)17(23)20-13-4-2-3-5-15(13)21/h2-8,10,19,21-22H,1H3,(H,20,23)/b12-10-. The second-order valence-corrected chi connectivity index (χ2v) is 4.81. The molecule has 0 atom stereocenters. The summed E-state index contributed by atoms with van der Waals surface area (Å²) < 4.78 is 0. The number of para-hydroxylation sites is 2. The number of carbonyl (C=O) groups excluding carboxylic acids is 1. The summed E-state index contributed by atoms with van der Waals surface area (Å²) in [5.74, 6) is -0.763. The van der Waals surface area contributed by atoms with Crippen LogP contribution >= 0.6 is 0 Å². The van der Waals surface area contributed by atoms with E-state index < -0.39 is 5.91 Å². The number of phenols is 2. The molecule has 0 unspecified atom stereocenters. The first kappa shape index (κ1) is 15.9. The molecule has 4 N–H and O–H groups in total. The van der Waals surface area contributed by atoms with Crippen LogP contribution in [0.15, 0.2) is 54.2 Å². The highest BCUT2D eigenvalue weighted by Crippen LogP contribution is 2.24. The fourth-order valence-electron chi connectivity index (χ4n) is 1.83. The number of nitriles is 1. The molecule has 0 spiro atoms. The maximum absolute atomic E-state index is 12.1. The molecule has 0 saturated carbocycles. The van der Waals surface area contributed by atoms with Crippen LogP contribution < -0.4 is 10.6 Å². The highest BCUT2D eigenvalue weighted by Gasteiger charge is 2.11. The molecule has 1 amide bonds. The molecule has 0 aliphatic rings. The van der Waals surface area contributed by atoms with Gasteiger partial charge in [-0.1, -0.05) is 18.2 Å². The molecule has 6 heteroatoms. The van der Waals surface area contributed by atoms with Gasteiger partial charge in [-0.25, -0.2) is 0 Å². The lowest BCUT2D eigenvalue weighted by Crippen LogP contribution is -2.14. The predicted octanol–water partition coefficient (Wildman–Crippen LogP) is 2.86. The number of nitrogens with one attached hydrogen (secondary N) is 2. The quantitative estimate of drug-likeness (QED) is 0.395. The normalized spacial score (nSPS) is 10.7. The lowest BCUT2D eigenvalue weighted by molar-refractivity contribution is -0.112. The summed E-state index contributed by atoms with van der Waals surface area (Å²) in [7, 11) is 0. The van der Waals surface area contributed by atoms with Crippen LogP contribution in [0.1, 0.15) is 5.56 Å². The summed E-state index contributed by atoms with van der Waals surface area (Å²) in [5, 5.41) is 33.6. The largest absolute Gasteiger partial charge is 0.506 e. The number of aryl methyl sites for hydroxylation is 1. The van der Waals surface area contributed by atoms with Gasteiger partial charge in [-0.2, -0.15) is 5.26 Å². The van der Waals surface area contributed by atoms with E-state index in [1.807, 2.05) is 6.92 Å². The summed E-state index contributed by atoms with van der Waals surface area (Å²) in [6, 6.07) is 12.9. The van der Waals surface area contributed by atoms with Gasteiger partial charge in [0.1, 0.15) is 23.1 Å². The Balaban J connectivity index is 2.16. The van der Waals surface area contributed by atoms with Crippen LogP contribution in [-0.2, 0) is 4.79 Å². The van der Waals surface area contributed by atoms with Crippen LogP contribution in [0.4, 0.5) is 11.4 Å². The zero-order chi connectivity index (χ0) is 16.8. The monoisotopic (exact) mass is 309 g/mol. The maximum Gasteiger partial charge on any atom is 0.267 e. The van der Waals surface area contributed by atoms with Crippen molar-refractivity contribution < 1.29 is 15.0 Å². The summed E-state index contributed by atoms with van der Waals surface area (Å²) in [6.45, 7) is 1.85. The Hall–Kier alpha value is -3.46. The molecule has 0 aliphatic carbocycles. The van der Waals surface area contributed by atoms with Crippen molar-refractivity contribution in [1.82, 2.24) is 0 Å². The first-order valence-corrected chi connectivity index (χ1v) is 6.77.